The molecule has 0 fully saturated rings. The van der Waals surface area contributed by atoms with Crippen LogP contribution in [0, 0.1) is 10.1 Å². The molecule has 0 aliphatic carbocycles. The van der Waals surface area contributed by atoms with Crippen LogP contribution in [0.3, 0.4) is 0 Å². The van der Waals surface area contributed by atoms with E-state index >= 15 is 0 Å². The minimum Gasteiger partial charge on any atom is -0.318 e. The number of nitro groups is 1. The maximum absolute atomic E-state index is 12.5. The lowest BCUT2D eigenvalue weighted by atomic mass is 9.93. The third kappa shape index (κ3) is 2.64. The lowest BCUT2D eigenvalue weighted by molar-refractivity contribution is -0.384. The zero-order valence-electron chi connectivity index (χ0n) is 12.2. The predicted molar refractivity (Wildman–Crippen MR) is 87.1 cm³/mol. The first-order valence-corrected chi connectivity index (χ1v) is 6.76. The zero-order chi connectivity index (χ0) is 15.9. The Balaban J connectivity index is 0.00000192. The van der Waals surface area contributed by atoms with E-state index in [0.29, 0.717) is 22.9 Å². The van der Waals surface area contributed by atoms with Gasteiger partial charge < -0.3 is 5.32 Å². The minimum absolute atomic E-state index is 0. The number of non-ortho nitro benzene ring substituents is 1. The molecule has 2 amide bonds. The number of imide groups is 1. The number of benzene rings is 2. The third-order valence-corrected chi connectivity index (χ3v) is 3.71. The molecule has 23 heavy (non-hydrogen) atoms. The van der Waals surface area contributed by atoms with E-state index in [-0.39, 0.29) is 36.1 Å². The quantitative estimate of drug-likeness (QED) is 0.524. The molecule has 0 atom stereocenters. The van der Waals surface area contributed by atoms with E-state index in [9.17, 15) is 19.7 Å². The Labute approximate surface area is 137 Å². The molecule has 1 heterocycles. The SMILES string of the molecule is CNCCN1C(=O)c2cccc3cc([N+](=O)[O-])cc(c23)C1=O.Cl. The zero-order valence-corrected chi connectivity index (χ0v) is 13.1. The summed E-state index contributed by atoms with van der Waals surface area (Å²) >= 11 is 0. The Morgan fingerprint density at radius 3 is 2.52 bits per heavy atom. The van der Waals surface area contributed by atoms with Gasteiger partial charge in [-0.3, -0.25) is 24.6 Å². The number of halogens is 1. The number of hydrogen-bond acceptors (Lipinski definition) is 5. The highest BCUT2D eigenvalue weighted by molar-refractivity contribution is 6.25. The van der Waals surface area contributed by atoms with Gasteiger partial charge in [0.25, 0.3) is 17.5 Å². The molecule has 120 valence electrons. The number of hydrogen-bond donors (Lipinski definition) is 1. The molecule has 2 aromatic carbocycles. The van der Waals surface area contributed by atoms with Gasteiger partial charge in [-0.05, 0) is 18.5 Å². The second kappa shape index (κ2) is 6.31. The van der Waals surface area contributed by atoms with E-state index in [0.717, 1.165) is 4.90 Å². The van der Waals surface area contributed by atoms with Crippen molar-refractivity contribution in [2.75, 3.05) is 20.1 Å². The average molecular weight is 336 g/mol. The van der Waals surface area contributed by atoms with E-state index < -0.39 is 10.8 Å². The number of rotatable bonds is 4. The molecule has 1 N–H and O–H groups in total. The topological polar surface area (TPSA) is 92.6 Å². The molecule has 7 nitrogen and oxygen atoms in total. The molecule has 8 heteroatoms. The normalized spacial score (nSPS) is 13.2. The molecule has 0 radical (unpaired) electrons. The van der Waals surface area contributed by atoms with Crippen molar-refractivity contribution in [3.8, 4) is 0 Å². The highest BCUT2D eigenvalue weighted by atomic mass is 35.5. The number of nitro benzene ring substituents is 1. The molecule has 2 aromatic rings. The van der Waals surface area contributed by atoms with Crippen LogP contribution >= 0.6 is 12.4 Å². The minimum atomic E-state index is -0.537. The largest absolute Gasteiger partial charge is 0.318 e. The fraction of sp³-hybridized carbons (Fsp3) is 0.200. The second-order valence-electron chi connectivity index (χ2n) is 5.02. The fourth-order valence-electron chi connectivity index (χ4n) is 2.67. The molecular formula is C15H14ClN3O4. The van der Waals surface area contributed by atoms with Crippen molar-refractivity contribution in [2.24, 2.45) is 0 Å². The number of carbonyl (C=O) groups is 2. The summed E-state index contributed by atoms with van der Waals surface area (Å²) in [5.74, 6) is -0.861. The number of carbonyl (C=O) groups excluding carboxylic acids is 2. The lowest BCUT2D eigenvalue weighted by Crippen LogP contribution is -2.43. The molecule has 0 unspecified atom stereocenters. The van der Waals surface area contributed by atoms with Gasteiger partial charge in [0.2, 0.25) is 0 Å². The molecule has 0 saturated heterocycles. The molecule has 3 rings (SSSR count). The van der Waals surface area contributed by atoms with Gasteiger partial charge in [0.1, 0.15) is 0 Å². The van der Waals surface area contributed by atoms with Crippen molar-refractivity contribution >= 4 is 40.7 Å². The van der Waals surface area contributed by atoms with E-state index in [4.69, 9.17) is 0 Å². The van der Waals surface area contributed by atoms with Crippen molar-refractivity contribution in [1.29, 1.82) is 0 Å². The maximum atomic E-state index is 12.5. The first kappa shape index (κ1) is 16.9. The van der Waals surface area contributed by atoms with Gasteiger partial charge in [0.15, 0.2) is 0 Å². The van der Waals surface area contributed by atoms with Gasteiger partial charge in [-0.2, -0.15) is 0 Å². The Bertz CT molecular complexity index is 822. The summed E-state index contributed by atoms with van der Waals surface area (Å²) < 4.78 is 0. The first-order chi connectivity index (χ1) is 10.5. The van der Waals surface area contributed by atoms with Gasteiger partial charge >= 0.3 is 0 Å². The summed E-state index contributed by atoms with van der Waals surface area (Å²) in [4.78, 5) is 36.7. The summed E-state index contributed by atoms with van der Waals surface area (Å²) in [6.07, 6.45) is 0. The van der Waals surface area contributed by atoms with Crippen LogP contribution in [0.4, 0.5) is 5.69 Å². The summed E-state index contributed by atoms with van der Waals surface area (Å²) in [6.45, 7) is 0.671. The monoisotopic (exact) mass is 335 g/mol. The van der Waals surface area contributed by atoms with Crippen molar-refractivity contribution in [3.05, 3.63) is 51.6 Å². The third-order valence-electron chi connectivity index (χ3n) is 3.71. The Morgan fingerprint density at radius 1 is 1.17 bits per heavy atom. The Kier molecular flexibility index (Phi) is 4.63. The molecule has 0 spiro atoms. The number of nitrogens with zero attached hydrogens (tertiary/aromatic N) is 2. The molecule has 1 aliphatic rings. The van der Waals surface area contributed by atoms with Crippen LogP contribution < -0.4 is 5.32 Å². The Hall–Kier alpha value is -2.51. The summed E-state index contributed by atoms with van der Waals surface area (Å²) in [5, 5.41) is 14.9. The van der Waals surface area contributed by atoms with E-state index in [2.05, 4.69) is 5.32 Å². The number of likely N-dealkylation sites (N-methyl/N-ethyl adjacent to an activating group) is 1. The fourth-order valence-corrected chi connectivity index (χ4v) is 2.67. The van der Waals surface area contributed by atoms with Gasteiger partial charge in [-0.1, -0.05) is 12.1 Å². The van der Waals surface area contributed by atoms with Crippen LogP contribution in [0.15, 0.2) is 30.3 Å². The summed E-state index contributed by atoms with van der Waals surface area (Å²) in [6, 6.07) is 7.59. The molecular weight excluding hydrogens is 322 g/mol. The molecule has 1 aliphatic heterocycles. The molecule has 0 aromatic heterocycles. The van der Waals surface area contributed by atoms with Crippen LogP contribution in [-0.4, -0.2) is 41.8 Å². The van der Waals surface area contributed by atoms with Crippen molar-refractivity contribution in [1.82, 2.24) is 10.2 Å². The molecule has 0 bridgehead atoms. The van der Waals surface area contributed by atoms with Crippen LogP contribution in [0.25, 0.3) is 10.8 Å². The number of amides is 2. The number of nitrogens with one attached hydrogen (secondary N) is 1. The van der Waals surface area contributed by atoms with Gasteiger partial charge in [-0.15, -0.1) is 12.4 Å². The lowest BCUT2D eigenvalue weighted by Gasteiger charge is -2.26. The van der Waals surface area contributed by atoms with Crippen LogP contribution in [0.5, 0.6) is 0 Å². The smallest absolute Gasteiger partial charge is 0.270 e. The Morgan fingerprint density at radius 2 is 1.87 bits per heavy atom. The standard InChI is InChI=1S/C15H13N3O4.ClH/c1-16-5-6-17-14(19)11-4-2-3-9-7-10(18(21)22)8-12(13(9)11)15(17)20;/h2-4,7-8,16H,5-6H2,1H3;1H. The van der Waals surface area contributed by atoms with Crippen LogP contribution in [-0.2, 0) is 0 Å². The summed E-state index contributed by atoms with van der Waals surface area (Å²) in [7, 11) is 1.72. The first-order valence-electron chi connectivity index (χ1n) is 6.76. The van der Waals surface area contributed by atoms with E-state index in [1.54, 1.807) is 25.2 Å². The summed E-state index contributed by atoms with van der Waals surface area (Å²) in [5.41, 5.74) is 0.449. The van der Waals surface area contributed by atoms with Crippen LogP contribution in [0.2, 0.25) is 0 Å². The van der Waals surface area contributed by atoms with Crippen molar-refractivity contribution in [3.63, 3.8) is 0 Å². The molecule has 0 saturated carbocycles. The van der Waals surface area contributed by atoms with Crippen molar-refractivity contribution < 1.29 is 14.5 Å². The van der Waals surface area contributed by atoms with E-state index in [1.165, 1.54) is 12.1 Å². The highest BCUT2D eigenvalue weighted by Gasteiger charge is 2.33. The van der Waals surface area contributed by atoms with Crippen molar-refractivity contribution in [2.45, 2.75) is 0 Å². The van der Waals surface area contributed by atoms with Gasteiger partial charge in [0.05, 0.1) is 10.5 Å². The van der Waals surface area contributed by atoms with E-state index in [1.807, 2.05) is 0 Å². The van der Waals surface area contributed by atoms with Gasteiger partial charge in [0, 0.05) is 36.2 Å². The average Bonchev–Trinajstić information content (AvgIpc) is 2.51. The predicted octanol–water partition coefficient (Wildman–Crippen LogP) is 1.99. The van der Waals surface area contributed by atoms with Crippen LogP contribution in [0.1, 0.15) is 20.7 Å². The maximum Gasteiger partial charge on any atom is 0.270 e. The van der Waals surface area contributed by atoms with Gasteiger partial charge in [-0.25, -0.2) is 0 Å². The highest BCUT2D eigenvalue weighted by Crippen LogP contribution is 2.33. The second-order valence-corrected chi connectivity index (χ2v) is 5.02.